The Hall–Kier alpha value is -0.120. The number of nitrogens with zero attached hydrogens (tertiary/aromatic N) is 2. The van der Waals surface area contributed by atoms with Crippen LogP contribution < -0.4 is 5.32 Å². The van der Waals surface area contributed by atoms with E-state index in [4.69, 9.17) is 0 Å². The molecule has 0 radical (unpaired) electrons. The van der Waals surface area contributed by atoms with Crippen LogP contribution >= 0.6 is 0 Å². The fourth-order valence-corrected chi connectivity index (χ4v) is 2.56. The van der Waals surface area contributed by atoms with Crippen LogP contribution in [0.25, 0.3) is 0 Å². The van der Waals surface area contributed by atoms with Gasteiger partial charge in [0.05, 0.1) is 0 Å². The number of piperazine rings is 1. The highest BCUT2D eigenvalue weighted by Crippen LogP contribution is 2.27. The van der Waals surface area contributed by atoms with E-state index in [1.807, 2.05) is 0 Å². The Morgan fingerprint density at radius 3 is 2.44 bits per heavy atom. The average Bonchev–Trinajstić information content (AvgIpc) is 3.14. The molecule has 1 aliphatic carbocycles. The van der Waals surface area contributed by atoms with Crippen molar-refractivity contribution in [3.63, 3.8) is 0 Å². The van der Waals surface area contributed by atoms with Gasteiger partial charge in [-0.25, -0.2) is 0 Å². The Morgan fingerprint density at radius 2 is 1.88 bits per heavy atom. The lowest BCUT2D eigenvalue weighted by Gasteiger charge is -2.34. The summed E-state index contributed by atoms with van der Waals surface area (Å²) in [7, 11) is 2.05. The van der Waals surface area contributed by atoms with Gasteiger partial charge in [-0.15, -0.1) is 0 Å². The largest absolute Gasteiger partial charge is 0.317 e. The topological polar surface area (TPSA) is 18.5 Å². The van der Waals surface area contributed by atoms with Crippen LogP contribution in [0.15, 0.2) is 0 Å². The monoisotopic (exact) mass is 225 g/mol. The summed E-state index contributed by atoms with van der Waals surface area (Å²) in [5.74, 6) is 0. The molecule has 3 nitrogen and oxygen atoms in total. The lowest BCUT2D eigenvalue weighted by atomic mass is 10.1. The van der Waals surface area contributed by atoms with Gasteiger partial charge in [0.1, 0.15) is 0 Å². The zero-order valence-electron chi connectivity index (χ0n) is 10.9. The summed E-state index contributed by atoms with van der Waals surface area (Å²) in [5, 5.41) is 3.31. The Balaban J connectivity index is 1.54. The maximum atomic E-state index is 3.31. The van der Waals surface area contributed by atoms with Crippen molar-refractivity contribution in [3.05, 3.63) is 0 Å². The third-order valence-electron chi connectivity index (χ3n) is 4.07. The third kappa shape index (κ3) is 3.72. The van der Waals surface area contributed by atoms with Crippen molar-refractivity contribution in [1.82, 2.24) is 15.1 Å². The van der Waals surface area contributed by atoms with Gasteiger partial charge < -0.3 is 10.2 Å². The van der Waals surface area contributed by atoms with E-state index in [2.05, 4.69) is 29.1 Å². The Morgan fingerprint density at radius 1 is 1.19 bits per heavy atom. The van der Waals surface area contributed by atoms with Crippen molar-refractivity contribution in [2.75, 3.05) is 39.8 Å². The normalized spacial score (nSPS) is 25.9. The van der Waals surface area contributed by atoms with Gasteiger partial charge in [-0.2, -0.15) is 0 Å². The molecule has 1 aliphatic heterocycles. The molecule has 0 aromatic heterocycles. The van der Waals surface area contributed by atoms with Crippen LogP contribution in [0.2, 0.25) is 0 Å². The van der Waals surface area contributed by atoms with Crippen LogP contribution in [-0.2, 0) is 0 Å². The lowest BCUT2D eigenvalue weighted by molar-refractivity contribution is 0.124. The molecule has 1 saturated heterocycles. The summed E-state index contributed by atoms with van der Waals surface area (Å²) >= 11 is 0. The van der Waals surface area contributed by atoms with E-state index in [-0.39, 0.29) is 0 Å². The second-order valence-electron chi connectivity index (χ2n) is 5.44. The molecule has 16 heavy (non-hydrogen) atoms. The van der Waals surface area contributed by atoms with E-state index >= 15 is 0 Å². The molecule has 1 unspecified atom stereocenters. The Bertz CT molecular complexity index is 195. The van der Waals surface area contributed by atoms with Crippen molar-refractivity contribution in [2.45, 2.75) is 44.7 Å². The first kappa shape index (κ1) is 12.3. The highest BCUT2D eigenvalue weighted by molar-refractivity contribution is 4.87. The first-order chi connectivity index (χ1) is 7.79. The van der Waals surface area contributed by atoms with Gasteiger partial charge in [0.25, 0.3) is 0 Å². The molecule has 1 heterocycles. The van der Waals surface area contributed by atoms with Crippen molar-refractivity contribution in [1.29, 1.82) is 0 Å². The van der Waals surface area contributed by atoms with Crippen molar-refractivity contribution >= 4 is 0 Å². The molecule has 0 aromatic rings. The Kier molecular flexibility index (Phi) is 4.62. The van der Waals surface area contributed by atoms with Gasteiger partial charge in [0.15, 0.2) is 0 Å². The van der Waals surface area contributed by atoms with Gasteiger partial charge in [-0.1, -0.05) is 0 Å². The molecular weight excluding hydrogens is 198 g/mol. The van der Waals surface area contributed by atoms with Gasteiger partial charge in [0.2, 0.25) is 0 Å². The summed E-state index contributed by atoms with van der Waals surface area (Å²) in [5.41, 5.74) is 0. The molecule has 0 aromatic carbocycles. The van der Waals surface area contributed by atoms with Gasteiger partial charge in [-0.05, 0) is 46.2 Å². The summed E-state index contributed by atoms with van der Waals surface area (Å²) in [6.07, 6.45) is 5.56. The number of rotatable bonds is 6. The lowest BCUT2D eigenvalue weighted by Crippen LogP contribution is -2.47. The van der Waals surface area contributed by atoms with Crippen LogP contribution in [0.1, 0.15) is 32.6 Å². The van der Waals surface area contributed by atoms with Crippen molar-refractivity contribution < 1.29 is 0 Å². The SMILES string of the molecule is CNC(C)CCCN1CCN(C2CC2)CC1. The Labute approximate surface area is 100 Å². The van der Waals surface area contributed by atoms with E-state index < -0.39 is 0 Å². The van der Waals surface area contributed by atoms with E-state index in [1.165, 1.54) is 58.4 Å². The zero-order valence-corrected chi connectivity index (χ0v) is 10.9. The van der Waals surface area contributed by atoms with E-state index in [1.54, 1.807) is 0 Å². The fraction of sp³-hybridized carbons (Fsp3) is 1.00. The van der Waals surface area contributed by atoms with Crippen LogP contribution in [0.4, 0.5) is 0 Å². The van der Waals surface area contributed by atoms with E-state index in [0.29, 0.717) is 6.04 Å². The molecular formula is C13H27N3. The number of hydrogen-bond donors (Lipinski definition) is 1. The summed E-state index contributed by atoms with van der Waals surface area (Å²) in [6.45, 7) is 8.78. The second-order valence-corrected chi connectivity index (χ2v) is 5.44. The number of hydrogen-bond acceptors (Lipinski definition) is 3. The summed E-state index contributed by atoms with van der Waals surface area (Å²) in [4.78, 5) is 5.33. The minimum atomic E-state index is 0.674. The standard InChI is InChI=1S/C13H27N3/c1-12(14-2)4-3-7-15-8-10-16(11-9-15)13-5-6-13/h12-14H,3-11H2,1-2H3. The van der Waals surface area contributed by atoms with Crippen molar-refractivity contribution in [3.8, 4) is 0 Å². The molecule has 1 saturated carbocycles. The first-order valence-electron chi connectivity index (χ1n) is 6.93. The predicted octanol–water partition coefficient (Wildman–Crippen LogP) is 1.15. The smallest absolute Gasteiger partial charge is 0.0113 e. The van der Waals surface area contributed by atoms with Gasteiger partial charge >= 0.3 is 0 Å². The highest BCUT2D eigenvalue weighted by atomic mass is 15.3. The molecule has 2 fully saturated rings. The van der Waals surface area contributed by atoms with Crippen LogP contribution in [0.3, 0.4) is 0 Å². The molecule has 0 bridgehead atoms. The fourth-order valence-electron chi connectivity index (χ4n) is 2.56. The molecule has 0 spiro atoms. The maximum Gasteiger partial charge on any atom is 0.0113 e. The zero-order chi connectivity index (χ0) is 11.4. The average molecular weight is 225 g/mol. The van der Waals surface area contributed by atoms with Gasteiger partial charge in [-0.3, -0.25) is 4.90 Å². The highest BCUT2D eigenvalue weighted by Gasteiger charge is 2.30. The number of nitrogens with one attached hydrogen (secondary N) is 1. The molecule has 0 amide bonds. The van der Waals surface area contributed by atoms with Crippen LogP contribution in [0, 0.1) is 0 Å². The molecule has 2 rings (SSSR count). The minimum absolute atomic E-state index is 0.674. The predicted molar refractivity (Wildman–Crippen MR) is 68.8 cm³/mol. The molecule has 94 valence electrons. The van der Waals surface area contributed by atoms with Crippen LogP contribution in [-0.4, -0.2) is 61.7 Å². The quantitative estimate of drug-likeness (QED) is 0.732. The minimum Gasteiger partial charge on any atom is -0.317 e. The van der Waals surface area contributed by atoms with E-state index in [9.17, 15) is 0 Å². The maximum absolute atomic E-state index is 3.31. The second kappa shape index (κ2) is 5.99. The molecule has 2 aliphatic rings. The third-order valence-corrected chi connectivity index (χ3v) is 4.07. The van der Waals surface area contributed by atoms with E-state index in [0.717, 1.165) is 6.04 Å². The molecule has 3 heteroatoms. The van der Waals surface area contributed by atoms with Crippen LogP contribution in [0.5, 0.6) is 0 Å². The van der Waals surface area contributed by atoms with Crippen molar-refractivity contribution in [2.24, 2.45) is 0 Å². The van der Waals surface area contributed by atoms with Gasteiger partial charge in [0, 0.05) is 38.3 Å². The molecule has 1 N–H and O–H groups in total. The summed E-state index contributed by atoms with van der Waals surface area (Å²) in [6, 6.07) is 1.64. The summed E-state index contributed by atoms with van der Waals surface area (Å²) < 4.78 is 0. The first-order valence-corrected chi connectivity index (χ1v) is 6.93. The molecule has 1 atom stereocenters.